The average Bonchev–Trinajstić information content (AvgIpc) is 4.13. The van der Waals surface area contributed by atoms with Crippen LogP contribution in [0.15, 0.2) is 224 Å². The van der Waals surface area contributed by atoms with Gasteiger partial charge < -0.3 is 4.90 Å². The Balaban J connectivity index is 1.07. The first-order valence-corrected chi connectivity index (χ1v) is 24.9. The summed E-state index contributed by atoms with van der Waals surface area (Å²) in [5, 5.41) is 0. The number of fused-ring (bicyclic) bond motifs is 4. The summed E-state index contributed by atoms with van der Waals surface area (Å²) in [5.41, 5.74) is 25.7. The Morgan fingerprint density at radius 1 is 0.609 bits per heavy atom. The highest BCUT2D eigenvalue weighted by Gasteiger charge is 2.25. The third-order valence-corrected chi connectivity index (χ3v) is 14.3. The normalized spacial score (nSPS) is 16.0. The molecule has 0 radical (unpaired) electrons. The minimum Gasteiger partial charge on any atom is -0.338 e. The summed E-state index contributed by atoms with van der Waals surface area (Å²) in [5.74, 6) is 0. The van der Waals surface area contributed by atoms with E-state index in [2.05, 4.69) is 258 Å². The van der Waals surface area contributed by atoms with Crippen LogP contribution in [0.1, 0.15) is 85.9 Å². The number of benzene rings is 7. The maximum atomic E-state index is 2.48. The second-order valence-corrected chi connectivity index (χ2v) is 19.8. The van der Waals surface area contributed by atoms with Crippen LogP contribution in [0.5, 0.6) is 0 Å². The van der Waals surface area contributed by atoms with Gasteiger partial charge in [0.1, 0.15) is 0 Å². The topological polar surface area (TPSA) is 3.24 Å². The molecule has 0 saturated heterocycles. The van der Waals surface area contributed by atoms with Crippen LogP contribution in [0, 0.1) is 6.92 Å². The van der Waals surface area contributed by atoms with Gasteiger partial charge in [-0.05, 0) is 207 Å². The van der Waals surface area contributed by atoms with Crippen molar-refractivity contribution in [2.45, 2.75) is 72.1 Å². The van der Waals surface area contributed by atoms with E-state index in [1.807, 2.05) is 0 Å². The number of rotatable bonds is 12. The lowest BCUT2D eigenvalue weighted by Gasteiger charge is -2.30. The quantitative estimate of drug-likeness (QED) is 0.110. The van der Waals surface area contributed by atoms with Crippen LogP contribution in [0.2, 0.25) is 0 Å². The highest BCUT2D eigenvalue weighted by molar-refractivity contribution is 5.87. The largest absolute Gasteiger partial charge is 0.338 e. The van der Waals surface area contributed by atoms with E-state index in [0.29, 0.717) is 6.54 Å². The van der Waals surface area contributed by atoms with Gasteiger partial charge in [-0.25, -0.2) is 0 Å². The highest BCUT2D eigenvalue weighted by Crippen LogP contribution is 2.42. The zero-order valence-electron chi connectivity index (χ0n) is 41.0. The van der Waals surface area contributed by atoms with Gasteiger partial charge in [0, 0.05) is 17.9 Å². The molecule has 0 unspecified atom stereocenters. The number of nitrogens with zero attached hydrogens (tertiary/aromatic N) is 1. The van der Waals surface area contributed by atoms with Gasteiger partial charge in [0.25, 0.3) is 0 Å². The van der Waals surface area contributed by atoms with Crippen molar-refractivity contribution < 1.29 is 0 Å². The van der Waals surface area contributed by atoms with Gasteiger partial charge in [-0.3, -0.25) is 0 Å². The second-order valence-electron chi connectivity index (χ2n) is 19.8. The van der Waals surface area contributed by atoms with Crippen LogP contribution in [0.25, 0.3) is 55.7 Å². The molecule has 0 atom stereocenters. The summed E-state index contributed by atoms with van der Waals surface area (Å²) >= 11 is 0. The van der Waals surface area contributed by atoms with Crippen molar-refractivity contribution in [3.05, 3.63) is 263 Å². The lowest BCUT2D eigenvalue weighted by Crippen LogP contribution is -2.21. The van der Waals surface area contributed by atoms with Crippen molar-refractivity contribution in [2.75, 3.05) is 11.4 Å². The van der Waals surface area contributed by atoms with Crippen LogP contribution >= 0.6 is 0 Å². The lowest BCUT2D eigenvalue weighted by atomic mass is 9.78. The van der Waals surface area contributed by atoms with Crippen molar-refractivity contribution in [2.24, 2.45) is 0 Å². The molecule has 0 bridgehead atoms. The van der Waals surface area contributed by atoms with Crippen molar-refractivity contribution >= 4 is 22.5 Å². The van der Waals surface area contributed by atoms with Gasteiger partial charge in [0.05, 0.1) is 0 Å². The minimum atomic E-state index is -0.0118. The molecular formula is C68H63N. The fourth-order valence-corrected chi connectivity index (χ4v) is 10.2. The molecular weight excluding hydrogens is 831 g/mol. The van der Waals surface area contributed by atoms with Gasteiger partial charge in [-0.15, -0.1) is 0 Å². The van der Waals surface area contributed by atoms with Crippen LogP contribution < -0.4 is 4.90 Å². The Morgan fingerprint density at radius 3 is 2.06 bits per heavy atom. The van der Waals surface area contributed by atoms with Gasteiger partial charge in [0.2, 0.25) is 0 Å². The molecule has 0 N–H and O–H groups in total. The van der Waals surface area contributed by atoms with Gasteiger partial charge in [0.15, 0.2) is 0 Å². The predicted molar refractivity (Wildman–Crippen MR) is 298 cm³/mol. The lowest BCUT2D eigenvalue weighted by molar-refractivity contribution is 0.530. The molecule has 7 aromatic rings. The average molecular weight is 894 g/mol. The van der Waals surface area contributed by atoms with E-state index < -0.39 is 0 Å². The Labute approximate surface area is 411 Å². The first-order chi connectivity index (χ1) is 33.7. The van der Waals surface area contributed by atoms with E-state index >= 15 is 0 Å². The monoisotopic (exact) mass is 893 g/mol. The zero-order valence-corrected chi connectivity index (χ0v) is 41.0. The predicted octanol–water partition coefficient (Wildman–Crippen LogP) is 18.4. The van der Waals surface area contributed by atoms with Crippen molar-refractivity contribution in [1.82, 2.24) is 0 Å². The summed E-state index contributed by atoms with van der Waals surface area (Å²) in [6.45, 7) is 12.0. The van der Waals surface area contributed by atoms with Crippen molar-refractivity contribution in [3.8, 4) is 44.5 Å². The maximum Gasteiger partial charge on any atom is 0.0420 e. The SMILES string of the molecule is C/C=C\C(=C/CN(c1ccc(-c2cc(-c3ccc(C)c(/C(C)=C/C=C\C=C4CC4)c3)cc(-c3ccc4c(c3)-c3ccccc3C4)c2)cc1)c1ccc2c(c1)C(C)(C)C/C=C\C=C/C2)c1ccccc1. The van der Waals surface area contributed by atoms with Crippen LogP contribution in [0.4, 0.5) is 11.4 Å². The first kappa shape index (κ1) is 45.3. The van der Waals surface area contributed by atoms with Crippen LogP contribution in [-0.4, -0.2) is 6.54 Å². The standard InChI is InChI=1S/C68H63N/c1-6-18-51(52-21-11-9-12-22-52)38-40-69(63-37-34-54-23-10-7-8-17-39-68(4,5)67(54)47-63)62-35-32-53(33-36-62)59-42-60(55-29-26-49(3)65(45-55)48(2)19-13-14-20-50-27-28-50)44-61(43-59)56-30-31-58-41-57-24-15-16-25-64(57)66(58)46-56/h6-22,24-26,29-38,42-47H,23,27-28,39-41H2,1-5H3/b10-7-,14-13-,17-8-,18-6-,48-19+,51-38+. The molecule has 3 aliphatic rings. The molecule has 1 heteroatoms. The molecule has 0 aliphatic heterocycles. The molecule has 1 nitrogen and oxygen atoms in total. The molecule has 340 valence electrons. The van der Waals surface area contributed by atoms with Gasteiger partial charge in [-0.1, -0.05) is 183 Å². The molecule has 3 aliphatic carbocycles. The Bertz CT molecular complexity index is 3240. The fourth-order valence-electron chi connectivity index (χ4n) is 10.2. The number of hydrogen-bond donors (Lipinski definition) is 0. The molecule has 0 amide bonds. The van der Waals surface area contributed by atoms with E-state index in [1.54, 1.807) is 0 Å². The molecule has 69 heavy (non-hydrogen) atoms. The maximum absolute atomic E-state index is 2.48. The molecule has 0 spiro atoms. The van der Waals surface area contributed by atoms with Crippen LogP contribution in [-0.2, 0) is 18.3 Å². The minimum absolute atomic E-state index is 0.0118. The third-order valence-electron chi connectivity index (χ3n) is 14.3. The second kappa shape index (κ2) is 20.0. The number of allylic oxidation sites excluding steroid dienone is 13. The molecule has 7 aromatic carbocycles. The Kier molecular flexibility index (Phi) is 13.1. The van der Waals surface area contributed by atoms with Gasteiger partial charge in [-0.2, -0.15) is 0 Å². The smallest absolute Gasteiger partial charge is 0.0420 e. The highest BCUT2D eigenvalue weighted by atomic mass is 15.1. The third kappa shape index (κ3) is 10.2. The molecule has 0 aromatic heterocycles. The number of anilines is 2. The Hall–Kier alpha value is -7.48. The number of hydrogen-bond acceptors (Lipinski definition) is 1. The Morgan fingerprint density at radius 2 is 1.28 bits per heavy atom. The van der Waals surface area contributed by atoms with E-state index in [4.69, 9.17) is 0 Å². The van der Waals surface area contributed by atoms with Crippen LogP contribution in [0.3, 0.4) is 0 Å². The molecule has 0 heterocycles. The summed E-state index contributed by atoms with van der Waals surface area (Å²) in [6.07, 6.45) is 30.0. The number of aryl methyl sites for hydroxylation is 1. The summed E-state index contributed by atoms with van der Waals surface area (Å²) < 4.78 is 0. The van der Waals surface area contributed by atoms with Crippen molar-refractivity contribution in [1.29, 1.82) is 0 Å². The van der Waals surface area contributed by atoms with Crippen molar-refractivity contribution in [3.63, 3.8) is 0 Å². The molecule has 1 fully saturated rings. The van der Waals surface area contributed by atoms with Gasteiger partial charge >= 0.3 is 0 Å². The summed E-state index contributed by atoms with van der Waals surface area (Å²) in [7, 11) is 0. The van der Waals surface area contributed by atoms with E-state index in [-0.39, 0.29) is 5.41 Å². The fraction of sp³-hybridized carbons (Fsp3) is 0.176. The summed E-state index contributed by atoms with van der Waals surface area (Å²) in [6, 6.07) is 57.3. The zero-order chi connectivity index (χ0) is 47.3. The van der Waals surface area contributed by atoms with E-state index in [0.717, 1.165) is 24.9 Å². The molecule has 1 saturated carbocycles. The molecule has 10 rings (SSSR count). The first-order valence-electron chi connectivity index (χ1n) is 24.9. The van der Waals surface area contributed by atoms with E-state index in [1.165, 1.54) is 119 Å². The van der Waals surface area contributed by atoms with E-state index in [9.17, 15) is 0 Å². The summed E-state index contributed by atoms with van der Waals surface area (Å²) in [4.78, 5) is 2.48.